The molecule has 0 N–H and O–H groups in total. The standard InChI is InChI=1S/C24H25NO4/c1-16(25-22(26)20-9-5-6-10-21(20)23(25)27)24(28)29-15-17-11-13-19(14-12-17)18-7-3-2-4-8-18/h2-4,7-8,11-14,16,20-21H,5-6,9-10,15H2,1H3/t16-,20-,21+/m0/s1. The Bertz CT molecular complexity index is 882. The summed E-state index contributed by atoms with van der Waals surface area (Å²) in [5.41, 5.74) is 3.07. The lowest BCUT2D eigenvalue weighted by Gasteiger charge is -2.21. The summed E-state index contributed by atoms with van der Waals surface area (Å²) in [4.78, 5) is 38.9. The van der Waals surface area contributed by atoms with E-state index in [-0.39, 0.29) is 30.3 Å². The summed E-state index contributed by atoms with van der Waals surface area (Å²) in [6.07, 6.45) is 3.40. The fourth-order valence-corrected chi connectivity index (χ4v) is 4.37. The van der Waals surface area contributed by atoms with Gasteiger partial charge in [0.1, 0.15) is 12.6 Å². The Hall–Kier alpha value is -2.95. The predicted molar refractivity (Wildman–Crippen MR) is 108 cm³/mol. The van der Waals surface area contributed by atoms with Crippen LogP contribution in [0, 0.1) is 11.8 Å². The molecule has 2 aromatic carbocycles. The number of esters is 1. The number of imide groups is 1. The van der Waals surface area contributed by atoms with Crippen molar-refractivity contribution in [1.82, 2.24) is 4.90 Å². The molecule has 1 aliphatic heterocycles. The molecule has 1 heterocycles. The van der Waals surface area contributed by atoms with E-state index in [1.165, 1.54) is 0 Å². The molecule has 29 heavy (non-hydrogen) atoms. The zero-order valence-electron chi connectivity index (χ0n) is 16.5. The highest BCUT2D eigenvalue weighted by Gasteiger charge is 2.51. The van der Waals surface area contributed by atoms with Crippen LogP contribution in [0.1, 0.15) is 38.2 Å². The number of carbonyl (C=O) groups excluding carboxylic acids is 3. The average molecular weight is 391 g/mol. The summed E-state index contributed by atoms with van der Waals surface area (Å²) < 4.78 is 5.41. The summed E-state index contributed by atoms with van der Waals surface area (Å²) in [6.45, 7) is 1.69. The monoisotopic (exact) mass is 391 g/mol. The van der Waals surface area contributed by atoms with E-state index in [0.29, 0.717) is 0 Å². The number of ether oxygens (including phenoxy) is 1. The maximum Gasteiger partial charge on any atom is 0.329 e. The largest absolute Gasteiger partial charge is 0.459 e. The van der Waals surface area contributed by atoms with Crippen LogP contribution in [0.5, 0.6) is 0 Å². The van der Waals surface area contributed by atoms with E-state index in [2.05, 4.69) is 0 Å². The molecule has 0 unspecified atom stereocenters. The molecule has 2 amide bonds. The Kier molecular flexibility index (Phi) is 5.47. The third kappa shape index (κ3) is 3.82. The van der Waals surface area contributed by atoms with Gasteiger partial charge in [-0.15, -0.1) is 0 Å². The van der Waals surface area contributed by atoms with Crippen molar-refractivity contribution in [3.8, 4) is 11.1 Å². The molecule has 2 fully saturated rings. The van der Waals surface area contributed by atoms with E-state index < -0.39 is 12.0 Å². The van der Waals surface area contributed by atoms with Crippen molar-refractivity contribution in [3.63, 3.8) is 0 Å². The molecule has 0 radical (unpaired) electrons. The van der Waals surface area contributed by atoms with Crippen LogP contribution >= 0.6 is 0 Å². The quantitative estimate of drug-likeness (QED) is 0.572. The lowest BCUT2D eigenvalue weighted by Crippen LogP contribution is -2.44. The predicted octanol–water partition coefficient (Wildman–Crippen LogP) is 3.96. The van der Waals surface area contributed by atoms with Gasteiger partial charge in [0.15, 0.2) is 0 Å². The van der Waals surface area contributed by atoms with Crippen LogP contribution in [-0.2, 0) is 25.7 Å². The minimum atomic E-state index is -0.885. The first-order valence-electron chi connectivity index (χ1n) is 10.2. The molecular formula is C24H25NO4. The SMILES string of the molecule is C[C@@H](C(=O)OCc1ccc(-c2ccccc2)cc1)N1C(=O)[C@H]2CCCC[C@H]2C1=O. The fourth-order valence-electron chi connectivity index (χ4n) is 4.37. The second-order valence-electron chi connectivity index (χ2n) is 7.89. The third-order valence-electron chi connectivity index (χ3n) is 6.05. The molecule has 0 spiro atoms. The molecule has 1 aliphatic carbocycles. The highest BCUT2D eigenvalue weighted by molar-refractivity contribution is 6.07. The van der Waals surface area contributed by atoms with Gasteiger partial charge < -0.3 is 4.74 Å². The molecule has 5 nitrogen and oxygen atoms in total. The maximum absolute atomic E-state index is 12.6. The number of rotatable bonds is 5. The van der Waals surface area contributed by atoms with Crippen LogP contribution in [0.4, 0.5) is 0 Å². The van der Waals surface area contributed by atoms with Crippen LogP contribution in [0.15, 0.2) is 54.6 Å². The van der Waals surface area contributed by atoms with E-state index in [9.17, 15) is 14.4 Å². The Morgan fingerprint density at radius 3 is 2.07 bits per heavy atom. The zero-order valence-corrected chi connectivity index (χ0v) is 16.5. The van der Waals surface area contributed by atoms with Crippen molar-refractivity contribution in [3.05, 3.63) is 60.2 Å². The van der Waals surface area contributed by atoms with Crippen LogP contribution in [-0.4, -0.2) is 28.7 Å². The van der Waals surface area contributed by atoms with Crippen molar-refractivity contribution in [2.24, 2.45) is 11.8 Å². The average Bonchev–Trinajstić information content (AvgIpc) is 3.03. The smallest absolute Gasteiger partial charge is 0.329 e. The number of benzene rings is 2. The van der Waals surface area contributed by atoms with E-state index >= 15 is 0 Å². The van der Waals surface area contributed by atoms with Crippen molar-refractivity contribution in [2.75, 3.05) is 0 Å². The fraction of sp³-hybridized carbons (Fsp3) is 0.375. The third-order valence-corrected chi connectivity index (χ3v) is 6.05. The molecule has 4 rings (SSSR count). The van der Waals surface area contributed by atoms with Gasteiger partial charge >= 0.3 is 5.97 Å². The minimum Gasteiger partial charge on any atom is -0.459 e. The highest BCUT2D eigenvalue weighted by Crippen LogP contribution is 2.39. The number of nitrogens with zero attached hydrogens (tertiary/aromatic N) is 1. The molecule has 0 bridgehead atoms. The van der Waals surface area contributed by atoms with Gasteiger partial charge in [0.05, 0.1) is 11.8 Å². The van der Waals surface area contributed by atoms with Gasteiger partial charge in [-0.1, -0.05) is 67.4 Å². The van der Waals surface area contributed by atoms with Gasteiger partial charge in [0.2, 0.25) is 11.8 Å². The van der Waals surface area contributed by atoms with Crippen LogP contribution in [0.2, 0.25) is 0 Å². The summed E-state index contributed by atoms with van der Waals surface area (Å²) in [5.74, 6) is -1.47. The Labute approximate surface area is 170 Å². The molecule has 0 aromatic heterocycles. The number of hydrogen-bond acceptors (Lipinski definition) is 4. The van der Waals surface area contributed by atoms with Gasteiger partial charge in [-0.25, -0.2) is 4.79 Å². The van der Waals surface area contributed by atoms with Crippen molar-refractivity contribution in [1.29, 1.82) is 0 Å². The molecular weight excluding hydrogens is 366 g/mol. The molecule has 2 aliphatic rings. The summed E-state index contributed by atoms with van der Waals surface area (Å²) in [5, 5.41) is 0. The molecule has 150 valence electrons. The van der Waals surface area contributed by atoms with Gasteiger partial charge in [-0.2, -0.15) is 0 Å². The Morgan fingerprint density at radius 1 is 0.931 bits per heavy atom. The second kappa shape index (κ2) is 8.19. The molecule has 2 aromatic rings. The lowest BCUT2D eigenvalue weighted by molar-refractivity contribution is -0.159. The molecule has 1 saturated carbocycles. The molecule has 3 atom stereocenters. The maximum atomic E-state index is 12.6. The van der Waals surface area contributed by atoms with Gasteiger partial charge in [-0.05, 0) is 36.5 Å². The van der Waals surface area contributed by atoms with E-state index in [0.717, 1.165) is 47.3 Å². The first kappa shape index (κ1) is 19.4. The first-order valence-corrected chi connectivity index (χ1v) is 10.2. The number of likely N-dealkylation sites (tertiary alicyclic amines) is 1. The van der Waals surface area contributed by atoms with Gasteiger partial charge in [0.25, 0.3) is 0 Å². The van der Waals surface area contributed by atoms with E-state index in [1.807, 2.05) is 54.6 Å². The van der Waals surface area contributed by atoms with Gasteiger partial charge in [-0.3, -0.25) is 14.5 Å². The summed E-state index contributed by atoms with van der Waals surface area (Å²) in [7, 11) is 0. The van der Waals surface area contributed by atoms with E-state index in [1.54, 1.807) is 6.92 Å². The summed E-state index contributed by atoms with van der Waals surface area (Å²) >= 11 is 0. The zero-order chi connectivity index (χ0) is 20.4. The van der Waals surface area contributed by atoms with Crippen LogP contribution in [0.3, 0.4) is 0 Å². The number of fused-ring (bicyclic) bond motifs is 1. The van der Waals surface area contributed by atoms with Crippen molar-refractivity contribution >= 4 is 17.8 Å². The van der Waals surface area contributed by atoms with Gasteiger partial charge in [0, 0.05) is 0 Å². The number of hydrogen-bond donors (Lipinski definition) is 0. The topological polar surface area (TPSA) is 63.7 Å². The second-order valence-corrected chi connectivity index (χ2v) is 7.89. The number of amides is 2. The van der Waals surface area contributed by atoms with Crippen molar-refractivity contribution in [2.45, 2.75) is 45.3 Å². The van der Waals surface area contributed by atoms with Crippen LogP contribution in [0.25, 0.3) is 11.1 Å². The minimum absolute atomic E-state index is 0.112. The molecule has 1 saturated heterocycles. The summed E-state index contributed by atoms with van der Waals surface area (Å²) in [6, 6.07) is 17.0. The lowest BCUT2D eigenvalue weighted by atomic mass is 9.81. The number of carbonyl (C=O) groups is 3. The Morgan fingerprint density at radius 2 is 1.48 bits per heavy atom. The normalized spacial score (nSPS) is 22.3. The first-order chi connectivity index (χ1) is 14.1. The van der Waals surface area contributed by atoms with Crippen molar-refractivity contribution < 1.29 is 19.1 Å². The molecule has 5 heteroatoms. The highest BCUT2D eigenvalue weighted by atomic mass is 16.5. The van der Waals surface area contributed by atoms with E-state index in [4.69, 9.17) is 4.74 Å². The van der Waals surface area contributed by atoms with Crippen LogP contribution < -0.4 is 0 Å². The Balaban J connectivity index is 1.37.